The Balaban J connectivity index is 2.76. The summed E-state index contributed by atoms with van der Waals surface area (Å²) in [6, 6.07) is 0. The molecule has 0 aliphatic heterocycles. The van der Waals surface area contributed by atoms with Gasteiger partial charge in [0.05, 0.1) is 6.61 Å². The van der Waals surface area contributed by atoms with Gasteiger partial charge in [0.2, 0.25) is 5.43 Å². The monoisotopic (exact) mass is 249 g/mol. The van der Waals surface area contributed by atoms with Crippen LogP contribution in [0.3, 0.4) is 0 Å². The number of H-pyrrole nitrogens is 2. The summed E-state index contributed by atoms with van der Waals surface area (Å²) in [5.74, 6) is -0.382. The van der Waals surface area contributed by atoms with Crippen LogP contribution in [0.15, 0.2) is 15.8 Å². The molecule has 0 unspecified atom stereocenters. The van der Waals surface area contributed by atoms with Crippen molar-refractivity contribution in [2.75, 3.05) is 6.61 Å². The highest BCUT2D eigenvalue weighted by molar-refractivity contribution is 5.92. The highest BCUT2D eigenvalue weighted by Crippen LogP contribution is 2.01. The predicted octanol–water partition coefficient (Wildman–Crippen LogP) is 0.0965. The van der Waals surface area contributed by atoms with Gasteiger partial charge in [0, 0.05) is 6.20 Å². The van der Waals surface area contributed by atoms with Crippen molar-refractivity contribution in [3.05, 3.63) is 38.2 Å². The second-order valence-corrected chi connectivity index (χ2v) is 3.63. The van der Waals surface area contributed by atoms with Gasteiger partial charge in [0.15, 0.2) is 0 Å². The van der Waals surface area contributed by atoms with Crippen molar-refractivity contribution in [1.82, 2.24) is 15.0 Å². The number of aromatic nitrogens is 3. The number of aromatic amines is 2. The third-order valence-electron chi connectivity index (χ3n) is 2.36. The number of ether oxygens (including phenoxy) is 1. The number of nitrogens with zero attached hydrogens (tertiary/aromatic N) is 1. The fraction of sp³-hybridized carbons (Fsp3) is 0.273. The van der Waals surface area contributed by atoms with E-state index in [-0.39, 0.29) is 23.2 Å². The number of nitrogens with one attached hydrogen (secondary N) is 2. The largest absolute Gasteiger partial charge is 0.462 e. The van der Waals surface area contributed by atoms with Gasteiger partial charge in [0.25, 0.3) is 5.56 Å². The average molecular weight is 249 g/mol. The van der Waals surface area contributed by atoms with Crippen molar-refractivity contribution in [3.63, 3.8) is 0 Å². The average Bonchev–Trinajstić information content (AvgIpc) is 2.28. The van der Waals surface area contributed by atoms with E-state index in [1.54, 1.807) is 13.8 Å². The van der Waals surface area contributed by atoms with Gasteiger partial charge in [-0.3, -0.25) is 9.59 Å². The topological polar surface area (TPSA) is 105 Å². The molecule has 2 rings (SSSR count). The van der Waals surface area contributed by atoms with Gasteiger partial charge in [-0.2, -0.15) is 0 Å². The maximum atomic E-state index is 12.0. The van der Waals surface area contributed by atoms with Crippen LogP contribution in [0.2, 0.25) is 0 Å². The number of esters is 1. The Morgan fingerprint density at radius 1 is 1.44 bits per heavy atom. The molecular weight excluding hydrogens is 238 g/mol. The molecule has 2 heterocycles. The van der Waals surface area contributed by atoms with Crippen molar-refractivity contribution in [2.45, 2.75) is 13.8 Å². The second-order valence-electron chi connectivity index (χ2n) is 3.63. The molecule has 0 aliphatic carbocycles. The van der Waals surface area contributed by atoms with Crippen LogP contribution in [0.5, 0.6) is 0 Å². The lowest BCUT2D eigenvalue weighted by atomic mass is 10.2. The van der Waals surface area contributed by atoms with Gasteiger partial charge in [-0.15, -0.1) is 0 Å². The molecule has 7 heteroatoms. The number of rotatable bonds is 2. The van der Waals surface area contributed by atoms with Gasteiger partial charge < -0.3 is 14.7 Å². The van der Waals surface area contributed by atoms with Crippen LogP contribution in [0.4, 0.5) is 0 Å². The molecule has 7 nitrogen and oxygen atoms in total. The predicted molar refractivity (Wildman–Crippen MR) is 63.7 cm³/mol. The van der Waals surface area contributed by atoms with E-state index in [1.165, 1.54) is 6.20 Å². The smallest absolute Gasteiger partial charge is 0.343 e. The van der Waals surface area contributed by atoms with Crippen molar-refractivity contribution >= 4 is 17.0 Å². The lowest BCUT2D eigenvalue weighted by molar-refractivity contribution is 0.0524. The van der Waals surface area contributed by atoms with E-state index in [0.717, 1.165) is 0 Å². The third kappa shape index (κ3) is 1.90. The van der Waals surface area contributed by atoms with E-state index in [2.05, 4.69) is 15.0 Å². The normalized spacial score (nSPS) is 10.6. The van der Waals surface area contributed by atoms with Crippen molar-refractivity contribution in [1.29, 1.82) is 0 Å². The molecule has 2 N–H and O–H groups in total. The first-order valence-corrected chi connectivity index (χ1v) is 5.34. The van der Waals surface area contributed by atoms with Gasteiger partial charge in [0.1, 0.15) is 22.4 Å². The Bertz CT molecular complexity index is 729. The fourth-order valence-electron chi connectivity index (χ4n) is 1.60. The molecule has 0 saturated heterocycles. The summed E-state index contributed by atoms with van der Waals surface area (Å²) < 4.78 is 4.73. The van der Waals surface area contributed by atoms with Crippen LogP contribution < -0.4 is 11.0 Å². The van der Waals surface area contributed by atoms with Crippen molar-refractivity contribution in [2.24, 2.45) is 0 Å². The standard InChI is InChI=1S/C11H11N3O4/c1-3-18-11(17)6-4-12-9-7(8(6)15)10(16)14-5(2)13-9/h4H,3H2,1-2H3,(H2,12,13,14,15,16). The number of hydrogen-bond donors (Lipinski definition) is 2. The van der Waals surface area contributed by atoms with Crippen LogP contribution in [-0.4, -0.2) is 27.5 Å². The number of aryl methyl sites for hydroxylation is 1. The summed E-state index contributed by atoms with van der Waals surface area (Å²) in [7, 11) is 0. The quantitative estimate of drug-likeness (QED) is 0.734. The minimum absolute atomic E-state index is 0.147. The highest BCUT2D eigenvalue weighted by atomic mass is 16.5. The minimum atomic E-state index is -0.763. The van der Waals surface area contributed by atoms with Gasteiger partial charge in [-0.1, -0.05) is 0 Å². The summed E-state index contributed by atoms with van der Waals surface area (Å²) in [6.45, 7) is 3.38. The lowest BCUT2D eigenvalue weighted by Gasteiger charge is -2.02. The van der Waals surface area contributed by atoms with E-state index >= 15 is 0 Å². The Kier molecular flexibility index (Phi) is 2.97. The van der Waals surface area contributed by atoms with E-state index in [0.29, 0.717) is 5.82 Å². The second kappa shape index (κ2) is 4.44. The molecule has 0 aromatic carbocycles. The zero-order valence-corrected chi connectivity index (χ0v) is 9.86. The first-order valence-electron chi connectivity index (χ1n) is 5.34. The van der Waals surface area contributed by atoms with E-state index in [9.17, 15) is 14.4 Å². The van der Waals surface area contributed by atoms with E-state index in [1.807, 2.05) is 0 Å². The first-order chi connectivity index (χ1) is 8.54. The number of fused-ring (bicyclic) bond motifs is 1. The molecule has 0 amide bonds. The number of carbonyl (C=O) groups excluding carboxylic acids is 1. The number of carbonyl (C=O) groups is 1. The molecule has 0 spiro atoms. The fourth-order valence-corrected chi connectivity index (χ4v) is 1.60. The first kappa shape index (κ1) is 12.0. The van der Waals surface area contributed by atoms with Crippen LogP contribution in [0.25, 0.3) is 11.0 Å². The van der Waals surface area contributed by atoms with Crippen LogP contribution in [0.1, 0.15) is 23.1 Å². The zero-order chi connectivity index (χ0) is 13.3. The molecule has 2 aromatic heterocycles. The molecular formula is C11H11N3O4. The van der Waals surface area contributed by atoms with Crippen molar-refractivity contribution in [3.8, 4) is 0 Å². The SMILES string of the molecule is CCOC(=O)c1c[nH]c2nc(C)[nH]c(=O)c2c1=O. The maximum absolute atomic E-state index is 12.0. The molecule has 0 saturated carbocycles. The Hall–Kier alpha value is -2.44. The summed E-state index contributed by atoms with van der Waals surface area (Å²) in [6.07, 6.45) is 1.20. The van der Waals surface area contributed by atoms with Crippen LogP contribution >= 0.6 is 0 Å². The molecule has 0 atom stereocenters. The Labute approximate surface area is 101 Å². The summed E-state index contributed by atoms with van der Waals surface area (Å²) >= 11 is 0. The van der Waals surface area contributed by atoms with Crippen LogP contribution in [-0.2, 0) is 4.74 Å². The Morgan fingerprint density at radius 2 is 2.17 bits per heavy atom. The minimum Gasteiger partial charge on any atom is -0.462 e. The molecule has 18 heavy (non-hydrogen) atoms. The molecule has 0 fully saturated rings. The molecule has 2 aromatic rings. The van der Waals surface area contributed by atoms with Crippen LogP contribution in [0, 0.1) is 6.92 Å². The highest BCUT2D eigenvalue weighted by Gasteiger charge is 2.16. The molecule has 0 bridgehead atoms. The Morgan fingerprint density at radius 3 is 2.83 bits per heavy atom. The van der Waals surface area contributed by atoms with E-state index in [4.69, 9.17) is 4.74 Å². The molecule has 0 aliphatic rings. The molecule has 94 valence electrons. The maximum Gasteiger partial charge on any atom is 0.343 e. The van der Waals surface area contributed by atoms with Gasteiger partial charge in [-0.05, 0) is 13.8 Å². The van der Waals surface area contributed by atoms with Crippen molar-refractivity contribution < 1.29 is 9.53 Å². The number of pyridine rings is 1. The third-order valence-corrected chi connectivity index (χ3v) is 2.36. The zero-order valence-electron chi connectivity index (χ0n) is 9.86. The molecule has 0 radical (unpaired) electrons. The lowest BCUT2D eigenvalue weighted by Crippen LogP contribution is -2.24. The number of hydrogen-bond acceptors (Lipinski definition) is 5. The van der Waals surface area contributed by atoms with Gasteiger partial charge in [-0.25, -0.2) is 9.78 Å². The van der Waals surface area contributed by atoms with E-state index < -0.39 is 17.0 Å². The van der Waals surface area contributed by atoms with Gasteiger partial charge >= 0.3 is 5.97 Å². The summed E-state index contributed by atoms with van der Waals surface area (Å²) in [5, 5.41) is -0.175. The summed E-state index contributed by atoms with van der Waals surface area (Å²) in [5.41, 5.74) is -1.32. The summed E-state index contributed by atoms with van der Waals surface area (Å²) in [4.78, 5) is 44.2.